The van der Waals surface area contributed by atoms with Crippen LogP contribution in [-0.4, -0.2) is 35.5 Å². The molecule has 5 rings (SSSR count). The molecule has 5 atom stereocenters. The molecule has 0 aromatic heterocycles. The molecule has 170 valence electrons. The number of aliphatic hydroxyl groups is 1. The zero-order valence-electron chi connectivity index (χ0n) is 19.1. The van der Waals surface area contributed by atoms with Crippen LogP contribution in [0.4, 0.5) is 0 Å². The maximum absolute atomic E-state index is 12.7. The van der Waals surface area contributed by atoms with Crippen LogP contribution in [-0.2, 0) is 14.3 Å². The number of hydrogen-bond donors (Lipinski definition) is 1. The number of hydrogen-bond acceptors (Lipinski definition) is 4. The molecular weight excluding hydrogens is 456 g/mol. The monoisotopic (exact) mass is 490 g/mol. The Morgan fingerprint density at radius 2 is 1.90 bits per heavy atom. The number of allylic oxidation sites excluding steroid dienone is 1. The zero-order valence-corrected chi connectivity index (χ0v) is 20.6. The van der Waals surface area contributed by atoms with Crippen molar-refractivity contribution >= 4 is 21.7 Å². The molecule has 4 aliphatic carbocycles. The summed E-state index contributed by atoms with van der Waals surface area (Å²) >= 11 is 3.28. The molecule has 4 nitrogen and oxygen atoms in total. The Bertz CT molecular complexity index is 872. The summed E-state index contributed by atoms with van der Waals surface area (Å²) in [6.07, 6.45) is 9.20. The van der Waals surface area contributed by atoms with Gasteiger partial charge in [0.05, 0.1) is 18.8 Å². The Labute approximate surface area is 194 Å². The summed E-state index contributed by atoms with van der Waals surface area (Å²) in [5.74, 6) is 3.79. The van der Waals surface area contributed by atoms with Gasteiger partial charge in [0.2, 0.25) is 0 Å². The van der Waals surface area contributed by atoms with Gasteiger partial charge in [-0.25, -0.2) is 0 Å². The van der Waals surface area contributed by atoms with Gasteiger partial charge >= 0.3 is 0 Å². The number of rotatable bonds is 1. The summed E-state index contributed by atoms with van der Waals surface area (Å²) in [5, 5.41) is 12.3. The van der Waals surface area contributed by atoms with Gasteiger partial charge in [0.15, 0.2) is 5.79 Å². The first-order valence-corrected chi connectivity index (χ1v) is 12.7. The molecule has 5 heteroatoms. The predicted molar refractivity (Wildman–Crippen MR) is 122 cm³/mol. The number of ether oxygens (including phenoxy) is 2. The van der Waals surface area contributed by atoms with E-state index in [0.717, 1.165) is 38.5 Å². The maximum atomic E-state index is 12.7. The topological polar surface area (TPSA) is 55.8 Å². The van der Waals surface area contributed by atoms with Gasteiger partial charge in [-0.05, 0) is 48.8 Å². The SMILES string of the molecule is CC1(C)COC2(CC[C@]3(CC#CBr)C4=CC[C@]5(C)C(=O)CC[C@H]5[C@@H]4CC[C@@]3(O)C2)OC1. The second-order valence-corrected chi connectivity index (χ2v) is 12.3. The standard InChI is InChI=1S/C26H35BrO4/c1-22(2)16-30-26(31-17-22)13-12-24(9-4-14-27)20-8-10-23(3)19(5-6-21(23)28)18(20)7-11-25(24,29)15-26/h8,18-19,29H,5-7,9-13,15-17H2,1-3H3/t18-,19-,23-,24+,25+/m0/s1. The van der Waals surface area contributed by atoms with Crippen LogP contribution in [0.1, 0.15) is 78.6 Å². The van der Waals surface area contributed by atoms with Crippen molar-refractivity contribution in [3.8, 4) is 10.8 Å². The average molecular weight is 491 g/mol. The highest BCUT2D eigenvalue weighted by atomic mass is 79.9. The van der Waals surface area contributed by atoms with Gasteiger partial charge in [0, 0.05) is 57.9 Å². The van der Waals surface area contributed by atoms with E-state index in [2.05, 4.69) is 53.5 Å². The number of Topliss-reactive ketones (excluding diaryl/α,β-unsaturated/α-hetero) is 1. The first kappa shape index (κ1) is 22.1. The number of fused-ring (bicyclic) bond motifs is 5. The van der Waals surface area contributed by atoms with Crippen molar-refractivity contribution in [2.45, 2.75) is 89.9 Å². The Morgan fingerprint density at radius 1 is 1.16 bits per heavy atom. The molecule has 5 aliphatic rings. The van der Waals surface area contributed by atoms with Crippen LogP contribution in [0.15, 0.2) is 11.6 Å². The maximum Gasteiger partial charge on any atom is 0.171 e. The van der Waals surface area contributed by atoms with Gasteiger partial charge in [-0.1, -0.05) is 38.3 Å². The van der Waals surface area contributed by atoms with E-state index in [4.69, 9.17) is 9.47 Å². The second kappa shape index (κ2) is 7.16. The molecule has 1 N–H and O–H groups in total. The molecule has 0 aromatic carbocycles. The molecule has 1 heterocycles. The largest absolute Gasteiger partial charge is 0.389 e. The quantitative estimate of drug-likeness (QED) is 0.408. The van der Waals surface area contributed by atoms with E-state index in [1.54, 1.807) is 0 Å². The summed E-state index contributed by atoms with van der Waals surface area (Å²) < 4.78 is 12.7. The van der Waals surface area contributed by atoms with E-state index in [1.807, 2.05) is 0 Å². The first-order valence-electron chi connectivity index (χ1n) is 11.9. The number of carbonyl (C=O) groups excluding carboxylic acids is 1. The summed E-state index contributed by atoms with van der Waals surface area (Å²) in [7, 11) is 0. The molecule has 1 saturated heterocycles. The van der Waals surface area contributed by atoms with Crippen molar-refractivity contribution in [2.75, 3.05) is 13.2 Å². The molecule has 31 heavy (non-hydrogen) atoms. The van der Waals surface area contributed by atoms with Crippen molar-refractivity contribution in [2.24, 2.45) is 28.1 Å². The van der Waals surface area contributed by atoms with Gasteiger partial charge in [-0.3, -0.25) is 4.79 Å². The van der Waals surface area contributed by atoms with Crippen LogP contribution in [0.25, 0.3) is 0 Å². The average Bonchev–Trinajstić information content (AvgIpc) is 3.04. The van der Waals surface area contributed by atoms with E-state index < -0.39 is 11.4 Å². The predicted octanol–water partition coefficient (Wildman–Crippen LogP) is 5.13. The lowest BCUT2D eigenvalue weighted by molar-refractivity contribution is -0.343. The number of ketones is 1. The molecule has 0 radical (unpaired) electrons. The van der Waals surface area contributed by atoms with Crippen LogP contribution < -0.4 is 0 Å². The van der Waals surface area contributed by atoms with E-state index in [0.29, 0.717) is 50.1 Å². The van der Waals surface area contributed by atoms with Gasteiger partial charge in [0.1, 0.15) is 5.78 Å². The lowest BCUT2D eigenvalue weighted by Crippen LogP contribution is -2.65. The van der Waals surface area contributed by atoms with E-state index in [1.165, 1.54) is 5.57 Å². The second-order valence-electron chi connectivity index (χ2n) is 11.9. The van der Waals surface area contributed by atoms with Gasteiger partial charge < -0.3 is 14.6 Å². The normalized spacial score (nSPS) is 45.1. The minimum atomic E-state index is -0.901. The van der Waals surface area contributed by atoms with Crippen LogP contribution in [0.3, 0.4) is 0 Å². The molecule has 0 unspecified atom stereocenters. The van der Waals surface area contributed by atoms with Crippen molar-refractivity contribution in [3.63, 3.8) is 0 Å². The lowest BCUT2D eigenvalue weighted by Gasteiger charge is -2.63. The third-order valence-electron chi connectivity index (χ3n) is 9.48. The van der Waals surface area contributed by atoms with Gasteiger partial charge in [-0.2, -0.15) is 0 Å². The molecule has 0 bridgehead atoms. The highest BCUT2D eigenvalue weighted by Gasteiger charge is 2.66. The third-order valence-corrected chi connectivity index (χ3v) is 9.76. The molecule has 0 amide bonds. The minimum absolute atomic E-state index is 0.00681. The van der Waals surface area contributed by atoms with Crippen molar-refractivity contribution in [1.29, 1.82) is 0 Å². The molecule has 4 fully saturated rings. The number of carbonyl (C=O) groups is 1. The highest BCUT2D eigenvalue weighted by molar-refractivity contribution is 9.12. The summed E-state index contributed by atoms with van der Waals surface area (Å²) in [5.41, 5.74) is -0.119. The lowest BCUT2D eigenvalue weighted by atomic mass is 9.45. The fourth-order valence-electron chi connectivity index (χ4n) is 7.60. The Kier molecular flexibility index (Phi) is 5.11. The van der Waals surface area contributed by atoms with Gasteiger partial charge in [0.25, 0.3) is 0 Å². The fourth-order valence-corrected chi connectivity index (χ4v) is 7.74. The molecule has 1 spiro atoms. The van der Waals surface area contributed by atoms with E-state index in [9.17, 15) is 9.90 Å². The summed E-state index contributed by atoms with van der Waals surface area (Å²) in [6.45, 7) is 7.81. The van der Waals surface area contributed by atoms with Crippen LogP contribution in [0.2, 0.25) is 0 Å². The fraction of sp³-hybridized carbons (Fsp3) is 0.808. The van der Waals surface area contributed by atoms with E-state index in [-0.39, 0.29) is 16.2 Å². The molecule has 0 aromatic rings. The number of halogens is 1. The van der Waals surface area contributed by atoms with Gasteiger partial charge in [-0.15, -0.1) is 0 Å². The van der Waals surface area contributed by atoms with Crippen LogP contribution in [0.5, 0.6) is 0 Å². The van der Waals surface area contributed by atoms with Crippen molar-refractivity contribution < 1.29 is 19.4 Å². The van der Waals surface area contributed by atoms with Crippen molar-refractivity contribution in [1.82, 2.24) is 0 Å². The van der Waals surface area contributed by atoms with Crippen LogP contribution >= 0.6 is 15.9 Å². The third kappa shape index (κ3) is 3.15. The summed E-state index contributed by atoms with van der Waals surface area (Å²) in [6, 6.07) is 0. The van der Waals surface area contributed by atoms with Crippen molar-refractivity contribution in [3.05, 3.63) is 11.6 Å². The summed E-state index contributed by atoms with van der Waals surface area (Å²) in [4.78, 5) is 15.6. The Morgan fingerprint density at radius 3 is 2.61 bits per heavy atom. The highest BCUT2D eigenvalue weighted by Crippen LogP contribution is 2.67. The first-order chi connectivity index (χ1) is 14.6. The van der Waals surface area contributed by atoms with E-state index >= 15 is 0 Å². The molecule has 3 saturated carbocycles. The molecular formula is C26H35BrO4. The Hall–Kier alpha value is -0.670. The van der Waals surface area contributed by atoms with Crippen LogP contribution in [0, 0.1) is 38.8 Å². The minimum Gasteiger partial charge on any atom is -0.389 e. The zero-order chi connectivity index (χ0) is 22.1. The Balaban J connectivity index is 1.52. The smallest absolute Gasteiger partial charge is 0.171 e. The molecule has 1 aliphatic heterocycles.